The van der Waals surface area contributed by atoms with Crippen LogP contribution in [0.3, 0.4) is 0 Å². The molecule has 2 N–H and O–H groups in total. The Morgan fingerprint density at radius 1 is 1.62 bits per heavy atom. The number of imide groups is 1. The fraction of sp³-hybridized carbons (Fsp3) is 0.500. The third kappa shape index (κ3) is 1.83. The Labute approximate surface area is 93.0 Å². The quantitative estimate of drug-likeness (QED) is 0.680. The molecule has 2 heterocycles. The van der Waals surface area contributed by atoms with Gasteiger partial charge in [-0.25, -0.2) is 4.98 Å². The Morgan fingerprint density at radius 2 is 2.38 bits per heavy atom. The lowest BCUT2D eigenvalue weighted by molar-refractivity contribution is -0.137. The minimum absolute atomic E-state index is 0.138. The number of likely N-dealkylation sites (N-methyl/N-ethyl adjacent to an activating group) is 1. The van der Waals surface area contributed by atoms with Crippen LogP contribution in [0.25, 0.3) is 0 Å². The molecule has 1 fully saturated rings. The minimum atomic E-state index is -0.409. The van der Waals surface area contributed by atoms with E-state index >= 15 is 0 Å². The summed E-state index contributed by atoms with van der Waals surface area (Å²) in [5.74, 6) is -0.306. The predicted molar refractivity (Wildman–Crippen MR) is 56.3 cm³/mol. The third-order valence-corrected chi connectivity index (χ3v) is 2.83. The molecule has 1 aliphatic rings. The highest BCUT2D eigenvalue weighted by molar-refractivity contribution is 6.05. The smallest absolute Gasteiger partial charge is 0.246 e. The highest BCUT2D eigenvalue weighted by atomic mass is 16.2. The molecule has 1 aliphatic heterocycles. The summed E-state index contributed by atoms with van der Waals surface area (Å²) in [5.41, 5.74) is 1.84. The maximum absolute atomic E-state index is 11.6. The molecule has 1 aromatic heterocycles. The molecule has 0 spiro atoms. The molecule has 1 aromatic rings. The van der Waals surface area contributed by atoms with Crippen LogP contribution in [0.15, 0.2) is 6.33 Å². The standard InChI is InChI=1S/C10H14N4O2/c1-6-8(13-5-12-6)4-11-7-3-9(15)14(2)10(7)16/h5,7,11H,3-4H2,1-2H3,(H,12,13). The number of hydrogen-bond donors (Lipinski definition) is 2. The first-order valence-corrected chi connectivity index (χ1v) is 5.12. The monoisotopic (exact) mass is 222 g/mol. The molecule has 0 saturated carbocycles. The molecule has 86 valence electrons. The van der Waals surface area contributed by atoms with Gasteiger partial charge in [0.2, 0.25) is 11.8 Å². The van der Waals surface area contributed by atoms with Gasteiger partial charge in [0.05, 0.1) is 24.5 Å². The number of rotatable bonds is 3. The largest absolute Gasteiger partial charge is 0.348 e. The van der Waals surface area contributed by atoms with E-state index in [0.717, 1.165) is 16.3 Å². The van der Waals surface area contributed by atoms with Gasteiger partial charge in [-0.2, -0.15) is 0 Å². The predicted octanol–water partition coefficient (Wildman–Crippen LogP) is -0.435. The van der Waals surface area contributed by atoms with Crippen LogP contribution in [0.5, 0.6) is 0 Å². The van der Waals surface area contributed by atoms with Gasteiger partial charge < -0.3 is 4.98 Å². The number of aromatic nitrogens is 2. The van der Waals surface area contributed by atoms with Gasteiger partial charge in [0.15, 0.2) is 0 Å². The molecule has 6 heteroatoms. The van der Waals surface area contributed by atoms with Gasteiger partial charge in [-0.1, -0.05) is 0 Å². The van der Waals surface area contributed by atoms with E-state index in [1.807, 2.05) is 6.92 Å². The second kappa shape index (κ2) is 4.05. The summed E-state index contributed by atoms with van der Waals surface area (Å²) in [7, 11) is 1.51. The van der Waals surface area contributed by atoms with E-state index in [9.17, 15) is 9.59 Å². The maximum Gasteiger partial charge on any atom is 0.246 e. The van der Waals surface area contributed by atoms with Gasteiger partial charge >= 0.3 is 0 Å². The van der Waals surface area contributed by atoms with Crippen molar-refractivity contribution >= 4 is 11.8 Å². The summed E-state index contributed by atoms with van der Waals surface area (Å²) in [6.45, 7) is 2.41. The highest BCUT2D eigenvalue weighted by Crippen LogP contribution is 2.11. The van der Waals surface area contributed by atoms with E-state index in [-0.39, 0.29) is 18.2 Å². The van der Waals surface area contributed by atoms with E-state index in [1.54, 1.807) is 6.33 Å². The van der Waals surface area contributed by atoms with E-state index in [4.69, 9.17) is 0 Å². The number of imidazole rings is 1. The summed E-state index contributed by atoms with van der Waals surface area (Å²) in [4.78, 5) is 31.1. The normalized spacial score (nSPS) is 20.9. The zero-order valence-corrected chi connectivity index (χ0v) is 9.28. The molecule has 16 heavy (non-hydrogen) atoms. The molecule has 1 atom stereocenters. The van der Waals surface area contributed by atoms with Crippen LogP contribution >= 0.6 is 0 Å². The average molecular weight is 222 g/mol. The number of amides is 2. The first kappa shape index (κ1) is 10.8. The molecular formula is C10H14N4O2. The number of nitrogens with one attached hydrogen (secondary N) is 2. The van der Waals surface area contributed by atoms with Crippen LogP contribution < -0.4 is 5.32 Å². The fourth-order valence-corrected chi connectivity index (χ4v) is 1.70. The van der Waals surface area contributed by atoms with Crippen molar-refractivity contribution in [3.05, 3.63) is 17.7 Å². The molecule has 0 aromatic carbocycles. The van der Waals surface area contributed by atoms with Crippen molar-refractivity contribution in [3.63, 3.8) is 0 Å². The van der Waals surface area contributed by atoms with Gasteiger partial charge in [0, 0.05) is 19.3 Å². The van der Waals surface area contributed by atoms with E-state index < -0.39 is 6.04 Å². The number of hydrogen-bond acceptors (Lipinski definition) is 4. The first-order valence-electron chi connectivity index (χ1n) is 5.12. The molecule has 0 bridgehead atoms. The Balaban J connectivity index is 1.95. The molecule has 2 amide bonds. The number of H-pyrrole nitrogens is 1. The topological polar surface area (TPSA) is 78.1 Å². The minimum Gasteiger partial charge on any atom is -0.348 e. The van der Waals surface area contributed by atoms with Crippen LogP contribution in [-0.4, -0.2) is 39.8 Å². The second-order valence-corrected chi connectivity index (χ2v) is 3.90. The van der Waals surface area contributed by atoms with Crippen molar-refractivity contribution in [2.75, 3.05) is 7.05 Å². The van der Waals surface area contributed by atoms with E-state index in [0.29, 0.717) is 6.54 Å². The van der Waals surface area contributed by atoms with Crippen LogP contribution in [0, 0.1) is 6.92 Å². The highest BCUT2D eigenvalue weighted by Gasteiger charge is 2.35. The van der Waals surface area contributed by atoms with Gasteiger partial charge in [-0.15, -0.1) is 0 Å². The van der Waals surface area contributed by atoms with Crippen molar-refractivity contribution in [2.24, 2.45) is 0 Å². The van der Waals surface area contributed by atoms with E-state index in [1.165, 1.54) is 7.05 Å². The number of aryl methyl sites for hydroxylation is 1. The van der Waals surface area contributed by atoms with Crippen LogP contribution in [0.2, 0.25) is 0 Å². The summed E-state index contributed by atoms with van der Waals surface area (Å²) in [6, 6.07) is -0.409. The maximum atomic E-state index is 11.6. The molecule has 0 aliphatic carbocycles. The number of nitrogens with zero attached hydrogens (tertiary/aromatic N) is 2. The fourth-order valence-electron chi connectivity index (χ4n) is 1.70. The van der Waals surface area contributed by atoms with Gasteiger partial charge in [-0.05, 0) is 6.92 Å². The molecule has 0 radical (unpaired) electrons. The van der Waals surface area contributed by atoms with Crippen molar-refractivity contribution in [1.82, 2.24) is 20.2 Å². The number of carbonyl (C=O) groups excluding carboxylic acids is 2. The zero-order valence-electron chi connectivity index (χ0n) is 9.28. The van der Waals surface area contributed by atoms with Crippen molar-refractivity contribution < 1.29 is 9.59 Å². The van der Waals surface area contributed by atoms with Crippen LogP contribution in [0.1, 0.15) is 17.8 Å². The van der Waals surface area contributed by atoms with Crippen LogP contribution in [-0.2, 0) is 16.1 Å². The van der Waals surface area contributed by atoms with Crippen LogP contribution in [0.4, 0.5) is 0 Å². The van der Waals surface area contributed by atoms with Crippen molar-refractivity contribution in [3.8, 4) is 0 Å². The lowest BCUT2D eigenvalue weighted by Crippen LogP contribution is -2.36. The Kier molecular flexibility index (Phi) is 2.74. The van der Waals surface area contributed by atoms with Crippen molar-refractivity contribution in [2.45, 2.75) is 25.9 Å². The number of carbonyl (C=O) groups is 2. The average Bonchev–Trinajstić information content (AvgIpc) is 2.76. The molecule has 1 saturated heterocycles. The lowest BCUT2D eigenvalue weighted by Gasteiger charge is -2.09. The summed E-state index contributed by atoms with van der Waals surface area (Å²) in [5, 5.41) is 3.04. The molecule has 1 unspecified atom stereocenters. The first-order chi connectivity index (χ1) is 7.59. The summed E-state index contributed by atoms with van der Waals surface area (Å²) < 4.78 is 0. The van der Waals surface area contributed by atoms with E-state index in [2.05, 4.69) is 15.3 Å². The molecule has 6 nitrogen and oxygen atoms in total. The van der Waals surface area contributed by atoms with Gasteiger partial charge in [0.25, 0.3) is 0 Å². The Morgan fingerprint density at radius 3 is 2.88 bits per heavy atom. The number of aromatic amines is 1. The lowest BCUT2D eigenvalue weighted by atomic mass is 10.2. The molecular weight excluding hydrogens is 208 g/mol. The Bertz CT molecular complexity index is 426. The summed E-state index contributed by atoms with van der Waals surface area (Å²) >= 11 is 0. The molecule has 2 rings (SSSR count). The summed E-state index contributed by atoms with van der Waals surface area (Å²) in [6.07, 6.45) is 1.85. The number of likely N-dealkylation sites (tertiary alicyclic amines) is 1. The zero-order chi connectivity index (χ0) is 11.7. The Hall–Kier alpha value is -1.69. The van der Waals surface area contributed by atoms with Crippen molar-refractivity contribution in [1.29, 1.82) is 0 Å². The third-order valence-electron chi connectivity index (χ3n) is 2.83. The SMILES string of the molecule is Cc1[nH]cnc1CNC1CC(=O)N(C)C1=O. The van der Waals surface area contributed by atoms with Gasteiger partial charge in [-0.3, -0.25) is 19.8 Å². The second-order valence-electron chi connectivity index (χ2n) is 3.90. The van der Waals surface area contributed by atoms with Gasteiger partial charge in [0.1, 0.15) is 0 Å².